The molecule has 0 atom stereocenters. The van der Waals surface area contributed by atoms with E-state index in [9.17, 15) is 9.18 Å². The van der Waals surface area contributed by atoms with Crippen LogP contribution in [0.4, 0.5) is 4.39 Å². The van der Waals surface area contributed by atoms with Crippen molar-refractivity contribution in [3.63, 3.8) is 0 Å². The van der Waals surface area contributed by atoms with Gasteiger partial charge in [-0.05, 0) is 30.7 Å². The van der Waals surface area contributed by atoms with Crippen molar-refractivity contribution >= 4 is 17.2 Å². The van der Waals surface area contributed by atoms with Crippen molar-refractivity contribution in [2.24, 2.45) is 0 Å². The Morgan fingerprint density at radius 1 is 1.18 bits per heavy atom. The largest absolute Gasteiger partial charge is 0.496 e. The molecule has 0 spiro atoms. The van der Waals surface area contributed by atoms with Gasteiger partial charge in [-0.15, -0.1) is 0 Å². The number of para-hydroxylation sites is 1. The van der Waals surface area contributed by atoms with E-state index in [0.29, 0.717) is 23.3 Å². The first-order valence-electron chi connectivity index (χ1n) is 6.84. The van der Waals surface area contributed by atoms with E-state index in [1.54, 1.807) is 18.2 Å². The van der Waals surface area contributed by atoms with Gasteiger partial charge in [0.2, 0.25) is 0 Å². The van der Waals surface area contributed by atoms with Gasteiger partial charge in [-0.3, -0.25) is 4.79 Å². The second-order valence-electron chi connectivity index (χ2n) is 5.01. The Kier molecular flexibility index (Phi) is 3.59. The SMILES string of the molecule is COc1cccc(F)c1-c1nc2c(C)cccc2cc1C=O. The minimum absolute atomic E-state index is 0.206. The molecule has 22 heavy (non-hydrogen) atoms. The molecule has 110 valence electrons. The lowest BCUT2D eigenvalue weighted by Crippen LogP contribution is -1.99. The summed E-state index contributed by atoms with van der Waals surface area (Å²) in [5.41, 5.74) is 2.55. The Hall–Kier alpha value is -2.75. The van der Waals surface area contributed by atoms with Crippen molar-refractivity contribution < 1.29 is 13.9 Å². The highest BCUT2D eigenvalue weighted by atomic mass is 19.1. The maximum Gasteiger partial charge on any atom is 0.152 e. The fraction of sp³-hybridized carbons (Fsp3) is 0.111. The lowest BCUT2D eigenvalue weighted by molar-refractivity contribution is 0.112. The summed E-state index contributed by atoms with van der Waals surface area (Å²) in [6.45, 7) is 1.93. The quantitative estimate of drug-likeness (QED) is 0.681. The van der Waals surface area contributed by atoms with Gasteiger partial charge in [0, 0.05) is 10.9 Å². The molecule has 3 nitrogen and oxygen atoms in total. The number of aldehydes is 1. The van der Waals surface area contributed by atoms with E-state index >= 15 is 0 Å². The maximum absolute atomic E-state index is 14.3. The van der Waals surface area contributed by atoms with Gasteiger partial charge in [-0.2, -0.15) is 0 Å². The minimum atomic E-state index is -0.470. The predicted octanol–water partition coefficient (Wildman–Crippen LogP) is 4.17. The van der Waals surface area contributed by atoms with Gasteiger partial charge in [-0.1, -0.05) is 24.3 Å². The highest BCUT2D eigenvalue weighted by Crippen LogP contribution is 2.34. The Labute approximate surface area is 127 Å². The van der Waals surface area contributed by atoms with E-state index in [0.717, 1.165) is 16.5 Å². The van der Waals surface area contributed by atoms with E-state index in [1.165, 1.54) is 13.2 Å². The number of aryl methyl sites for hydroxylation is 1. The summed E-state index contributed by atoms with van der Waals surface area (Å²) in [4.78, 5) is 16.0. The minimum Gasteiger partial charge on any atom is -0.496 e. The molecule has 1 heterocycles. The van der Waals surface area contributed by atoms with Gasteiger partial charge >= 0.3 is 0 Å². The van der Waals surface area contributed by atoms with Crippen LogP contribution in [0.25, 0.3) is 22.2 Å². The number of aromatic nitrogens is 1. The number of fused-ring (bicyclic) bond motifs is 1. The lowest BCUT2D eigenvalue weighted by Gasteiger charge is -2.12. The standard InChI is InChI=1S/C18H14FNO2/c1-11-5-3-6-12-9-13(10-21)18(20-17(11)12)16-14(19)7-4-8-15(16)22-2/h3-10H,1-2H3. The number of nitrogens with zero attached hydrogens (tertiary/aromatic N) is 1. The van der Waals surface area contributed by atoms with Crippen LogP contribution in [0, 0.1) is 12.7 Å². The highest BCUT2D eigenvalue weighted by Gasteiger charge is 2.18. The van der Waals surface area contributed by atoms with Crippen LogP contribution in [-0.4, -0.2) is 18.4 Å². The molecule has 0 saturated carbocycles. The first-order valence-corrected chi connectivity index (χ1v) is 6.84. The molecule has 0 N–H and O–H groups in total. The van der Waals surface area contributed by atoms with Crippen LogP contribution < -0.4 is 4.74 Å². The number of hydrogen-bond acceptors (Lipinski definition) is 3. The number of halogens is 1. The fourth-order valence-corrected chi connectivity index (χ4v) is 2.56. The number of carbonyl (C=O) groups excluding carboxylic acids is 1. The third-order valence-electron chi connectivity index (χ3n) is 3.64. The molecular weight excluding hydrogens is 281 g/mol. The highest BCUT2D eigenvalue weighted by molar-refractivity contribution is 5.95. The normalized spacial score (nSPS) is 10.7. The van der Waals surface area contributed by atoms with Crippen LogP contribution >= 0.6 is 0 Å². The zero-order chi connectivity index (χ0) is 15.7. The van der Waals surface area contributed by atoms with Crippen LogP contribution in [0.1, 0.15) is 15.9 Å². The first-order chi connectivity index (χ1) is 10.7. The molecule has 2 aromatic carbocycles. The smallest absolute Gasteiger partial charge is 0.152 e. The summed E-state index contributed by atoms with van der Waals surface area (Å²) >= 11 is 0. The number of benzene rings is 2. The number of methoxy groups -OCH3 is 1. The number of rotatable bonds is 3. The van der Waals surface area contributed by atoms with Crippen molar-refractivity contribution in [3.8, 4) is 17.0 Å². The molecule has 4 heteroatoms. The molecule has 3 rings (SSSR count). The van der Waals surface area contributed by atoms with Crippen molar-refractivity contribution in [1.29, 1.82) is 0 Å². The van der Waals surface area contributed by atoms with Crippen molar-refractivity contribution in [1.82, 2.24) is 4.98 Å². The first kappa shape index (κ1) is 14.2. The summed E-state index contributed by atoms with van der Waals surface area (Å²) in [5, 5.41) is 0.848. The van der Waals surface area contributed by atoms with Crippen LogP contribution in [0.15, 0.2) is 42.5 Å². The number of pyridine rings is 1. The molecule has 0 aliphatic carbocycles. The van der Waals surface area contributed by atoms with Crippen LogP contribution in [0.2, 0.25) is 0 Å². The van der Waals surface area contributed by atoms with Gasteiger partial charge in [0.1, 0.15) is 11.6 Å². The molecule has 0 aliphatic rings. The number of carbonyl (C=O) groups is 1. The van der Waals surface area contributed by atoms with Gasteiger partial charge < -0.3 is 4.74 Å². The second-order valence-corrected chi connectivity index (χ2v) is 5.01. The summed E-state index contributed by atoms with van der Waals surface area (Å²) in [6, 6.07) is 12.0. The molecule has 0 radical (unpaired) electrons. The molecule has 1 aromatic heterocycles. The average molecular weight is 295 g/mol. The van der Waals surface area contributed by atoms with Gasteiger partial charge in [0.05, 0.1) is 23.9 Å². The molecule has 0 aliphatic heterocycles. The van der Waals surface area contributed by atoms with E-state index in [4.69, 9.17) is 4.74 Å². The molecule has 0 amide bonds. The Morgan fingerprint density at radius 2 is 1.95 bits per heavy atom. The molecule has 0 saturated heterocycles. The van der Waals surface area contributed by atoms with Gasteiger partial charge in [0.15, 0.2) is 6.29 Å². The number of hydrogen-bond donors (Lipinski definition) is 0. The third-order valence-corrected chi connectivity index (χ3v) is 3.64. The topological polar surface area (TPSA) is 39.2 Å². The lowest BCUT2D eigenvalue weighted by atomic mass is 10.0. The second kappa shape index (κ2) is 5.56. The van der Waals surface area contributed by atoms with Gasteiger partial charge in [0.25, 0.3) is 0 Å². The van der Waals surface area contributed by atoms with Crippen LogP contribution in [-0.2, 0) is 0 Å². The maximum atomic E-state index is 14.3. The molecule has 3 aromatic rings. The van der Waals surface area contributed by atoms with E-state index in [2.05, 4.69) is 4.98 Å². The zero-order valence-corrected chi connectivity index (χ0v) is 12.3. The summed E-state index contributed by atoms with van der Waals surface area (Å²) in [6.07, 6.45) is 0.690. The summed E-state index contributed by atoms with van der Waals surface area (Å²) in [7, 11) is 1.46. The van der Waals surface area contributed by atoms with Crippen molar-refractivity contribution in [3.05, 3.63) is 59.4 Å². The fourth-order valence-electron chi connectivity index (χ4n) is 2.56. The molecular formula is C18H14FNO2. The zero-order valence-electron chi connectivity index (χ0n) is 12.3. The third kappa shape index (κ3) is 2.22. The Bertz CT molecular complexity index is 874. The summed E-state index contributed by atoms with van der Waals surface area (Å²) in [5.74, 6) is -0.119. The van der Waals surface area contributed by atoms with Crippen molar-refractivity contribution in [2.45, 2.75) is 6.92 Å². The molecule has 0 fully saturated rings. The van der Waals surface area contributed by atoms with E-state index in [1.807, 2.05) is 25.1 Å². The van der Waals surface area contributed by atoms with Crippen molar-refractivity contribution in [2.75, 3.05) is 7.11 Å². The predicted molar refractivity (Wildman–Crippen MR) is 83.8 cm³/mol. The number of ether oxygens (including phenoxy) is 1. The van der Waals surface area contributed by atoms with E-state index < -0.39 is 5.82 Å². The van der Waals surface area contributed by atoms with Crippen LogP contribution in [0.5, 0.6) is 5.75 Å². The monoisotopic (exact) mass is 295 g/mol. The average Bonchev–Trinajstić information content (AvgIpc) is 2.54. The Balaban J connectivity index is 2.40. The van der Waals surface area contributed by atoms with Gasteiger partial charge in [-0.25, -0.2) is 9.37 Å². The molecule has 0 bridgehead atoms. The Morgan fingerprint density at radius 3 is 2.68 bits per heavy atom. The molecule has 0 unspecified atom stereocenters. The van der Waals surface area contributed by atoms with E-state index in [-0.39, 0.29) is 5.56 Å². The van der Waals surface area contributed by atoms with Crippen LogP contribution in [0.3, 0.4) is 0 Å². The summed E-state index contributed by atoms with van der Waals surface area (Å²) < 4.78 is 19.5.